The molecule has 0 saturated carbocycles. The first-order valence-corrected chi connectivity index (χ1v) is 6.62. The molecule has 1 aliphatic rings. The maximum Gasteiger partial charge on any atom is 0.0588 e. The van der Waals surface area contributed by atoms with Gasteiger partial charge in [-0.15, -0.1) is 0 Å². The van der Waals surface area contributed by atoms with Crippen molar-refractivity contribution < 1.29 is 4.74 Å². The van der Waals surface area contributed by atoms with E-state index in [0.717, 1.165) is 30.3 Å². The first kappa shape index (κ1) is 12.9. The van der Waals surface area contributed by atoms with E-state index in [1.54, 1.807) is 0 Å². The van der Waals surface area contributed by atoms with Gasteiger partial charge in [-0.3, -0.25) is 0 Å². The number of hydrogen-bond donors (Lipinski definition) is 1. The smallest absolute Gasteiger partial charge is 0.0588 e. The summed E-state index contributed by atoms with van der Waals surface area (Å²) in [5.74, 6) is 0.649. The van der Waals surface area contributed by atoms with Crippen LogP contribution in [0.15, 0.2) is 18.2 Å². The van der Waals surface area contributed by atoms with Crippen molar-refractivity contribution in [3.05, 3.63) is 34.3 Å². The average Bonchev–Trinajstić information content (AvgIpc) is 2.70. The van der Waals surface area contributed by atoms with Crippen LogP contribution in [0.3, 0.4) is 0 Å². The third-order valence-electron chi connectivity index (χ3n) is 3.51. The monoisotopic (exact) mass is 253 g/mol. The van der Waals surface area contributed by atoms with E-state index < -0.39 is 0 Å². The second-order valence-corrected chi connectivity index (χ2v) is 5.25. The fourth-order valence-electron chi connectivity index (χ4n) is 2.19. The fraction of sp³-hybridized carbons (Fsp3) is 0.571. The second kappa shape index (κ2) is 5.85. The van der Waals surface area contributed by atoms with E-state index in [2.05, 4.69) is 24.4 Å². The molecule has 1 fully saturated rings. The molecule has 0 aliphatic carbocycles. The van der Waals surface area contributed by atoms with Crippen LogP contribution in [-0.4, -0.2) is 19.3 Å². The average molecular weight is 254 g/mol. The van der Waals surface area contributed by atoms with Crippen molar-refractivity contribution in [1.82, 2.24) is 5.32 Å². The number of rotatable bonds is 4. The zero-order valence-corrected chi connectivity index (χ0v) is 11.3. The van der Waals surface area contributed by atoms with Gasteiger partial charge in [-0.1, -0.05) is 23.7 Å². The SMILES string of the molecule is Cc1ccc(CNCC2CCOC2C)cc1Cl. The third-order valence-corrected chi connectivity index (χ3v) is 3.91. The lowest BCUT2D eigenvalue weighted by atomic mass is 10.0. The number of ether oxygens (including phenoxy) is 1. The first-order valence-electron chi connectivity index (χ1n) is 6.24. The van der Waals surface area contributed by atoms with Crippen molar-refractivity contribution >= 4 is 11.6 Å². The van der Waals surface area contributed by atoms with Gasteiger partial charge >= 0.3 is 0 Å². The van der Waals surface area contributed by atoms with E-state index in [1.807, 2.05) is 13.0 Å². The molecule has 0 spiro atoms. The Hall–Kier alpha value is -0.570. The summed E-state index contributed by atoms with van der Waals surface area (Å²) in [6.45, 7) is 6.99. The summed E-state index contributed by atoms with van der Waals surface area (Å²) in [4.78, 5) is 0. The van der Waals surface area contributed by atoms with Gasteiger partial charge in [0.2, 0.25) is 0 Å². The summed E-state index contributed by atoms with van der Waals surface area (Å²) in [5.41, 5.74) is 2.38. The largest absolute Gasteiger partial charge is 0.378 e. The lowest BCUT2D eigenvalue weighted by Crippen LogP contribution is -2.26. The zero-order chi connectivity index (χ0) is 12.3. The van der Waals surface area contributed by atoms with Crippen molar-refractivity contribution in [2.75, 3.05) is 13.2 Å². The minimum absolute atomic E-state index is 0.393. The van der Waals surface area contributed by atoms with Crippen LogP contribution in [0.2, 0.25) is 5.02 Å². The van der Waals surface area contributed by atoms with E-state index in [9.17, 15) is 0 Å². The van der Waals surface area contributed by atoms with E-state index in [4.69, 9.17) is 16.3 Å². The highest BCUT2D eigenvalue weighted by molar-refractivity contribution is 6.31. The Morgan fingerprint density at radius 2 is 2.29 bits per heavy atom. The minimum Gasteiger partial charge on any atom is -0.378 e. The van der Waals surface area contributed by atoms with Gasteiger partial charge < -0.3 is 10.1 Å². The van der Waals surface area contributed by atoms with Crippen LogP contribution in [0.4, 0.5) is 0 Å². The van der Waals surface area contributed by atoms with Crippen molar-refractivity contribution in [2.45, 2.75) is 32.9 Å². The van der Waals surface area contributed by atoms with Crippen LogP contribution >= 0.6 is 11.6 Å². The van der Waals surface area contributed by atoms with Crippen LogP contribution in [0.5, 0.6) is 0 Å². The Morgan fingerprint density at radius 3 is 2.94 bits per heavy atom. The normalized spacial score (nSPS) is 24.2. The molecule has 94 valence electrons. The summed E-state index contributed by atoms with van der Waals surface area (Å²) in [6, 6.07) is 6.24. The number of aryl methyl sites for hydroxylation is 1. The summed E-state index contributed by atoms with van der Waals surface area (Å²) < 4.78 is 5.54. The third kappa shape index (κ3) is 3.44. The number of nitrogens with one attached hydrogen (secondary N) is 1. The lowest BCUT2D eigenvalue weighted by molar-refractivity contribution is 0.105. The molecule has 1 aliphatic heterocycles. The van der Waals surface area contributed by atoms with Crippen LogP contribution in [0.1, 0.15) is 24.5 Å². The first-order chi connectivity index (χ1) is 8.16. The van der Waals surface area contributed by atoms with Gasteiger partial charge in [-0.2, -0.15) is 0 Å². The van der Waals surface area contributed by atoms with Crippen molar-refractivity contribution in [1.29, 1.82) is 0 Å². The predicted octanol–water partition coefficient (Wildman–Crippen LogP) is 3.16. The van der Waals surface area contributed by atoms with Crippen molar-refractivity contribution in [2.24, 2.45) is 5.92 Å². The van der Waals surface area contributed by atoms with Gasteiger partial charge in [0.05, 0.1) is 6.10 Å². The van der Waals surface area contributed by atoms with Crippen molar-refractivity contribution in [3.63, 3.8) is 0 Å². The molecule has 0 amide bonds. The summed E-state index contributed by atoms with van der Waals surface area (Å²) in [7, 11) is 0. The van der Waals surface area contributed by atoms with E-state index in [0.29, 0.717) is 12.0 Å². The van der Waals surface area contributed by atoms with Crippen LogP contribution < -0.4 is 5.32 Å². The highest BCUT2D eigenvalue weighted by atomic mass is 35.5. The van der Waals surface area contributed by atoms with Gasteiger partial charge in [0.25, 0.3) is 0 Å². The summed E-state index contributed by atoms with van der Waals surface area (Å²) in [6.07, 6.45) is 1.56. The zero-order valence-electron chi connectivity index (χ0n) is 10.5. The molecule has 0 radical (unpaired) electrons. The van der Waals surface area contributed by atoms with Gasteiger partial charge in [0, 0.05) is 24.7 Å². The van der Waals surface area contributed by atoms with E-state index >= 15 is 0 Å². The van der Waals surface area contributed by atoms with Gasteiger partial charge in [-0.05, 0) is 43.4 Å². The Labute approximate surface area is 108 Å². The highest BCUT2D eigenvalue weighted by Gasteiger charge is 2.23. The molecular formula is C14H20ClNO. The topological polar surface area (TPSA) is 21.3 Å². The van der Waals surface area contributed by atoms with Gasteiger partial charge in [0.1, 0.15) is 0 Å². The predicted molar refractivity (Wildman–Crippen MR) is 71.4 cm³/mol. The molecule has 0 aromatic heterocycles. The van der Waals surface area contributed by atoms with Gasteiger partial charge in [-0.25, -0.2) is 0 Å². The second-order valence-electron chi connectivity index (χ2n) is 4.84. The molecule has 1 aromatic carbocycles. The Kier molecular flexibility index (Phi) is 4.43. The molecule has 0 bridgehead atoms. The molecule has 1 N–H and O–H groups in total. The molecule has 17 heavy (non-hydrogen) atoms. The van der Waals surface area contributed by atoms with E-state index in [1.165, 1.54) is 12.0 Å². The molecule has 1 aromatic rings. The summed E-state index contributed by atoms with van der Waals surface area (Å²) >= 11 is 6.10. The number of benzene rings is 1. The number of halogens is 1. The number of hydrogen-bond acceptors (Lipinski definition) is 2. The van der Waals surface area contributed by atoms with Crippen LogP contribution in [0.25, 0.3) is 0 Å². The summed E-state index contributed by atoms with van der Waals surface area (Å²) in [5, 5.41) is 4.33. The highest BCUT2D eigenvalue weighted by Crippen LogP contribution is 2.20. The molecule has 2 rings (SSSR count). The molecule has 3 heteroatoms. The molecular weight excluding hydrogens is 234 g/mol. The Bertz CT molecular complexity index is 380. The molecule has 2 nitrogen and oxygen atoms in total. The fourth-order valence-corrected chi connectivity index (χ4v) is 2.40. The maximum absolute atomic E-state index is 6.10. The standard InChI is InChI=1S/C14H20ClNO/c1-10-3-4-12(7-14(10)15)8-16-9-13-5-6-17-11(13)2/h3-4,7,11,13,16H,5-6,8-9H2,1-2H3. The quantitative estimate of drug-likeness (QED) is 0.890. The molecule has 2 atom stereocenters. The Balaban J connectivity index is 1.79. The Morgan fingerprint density at radius 1 is 1.47 bits per heavy atom. The van der Waals surface area contributed by atoms with Crippen molar-refractivity contribution in [3.8, 4) is 0 Å². The van der Waals surface area contributed by atoms with Crippen LogP contribution in [0, 0.1) is 12.8 Å². The minimum atomic E-state index is 0.393. The molecule has 1 saturated heterocycles. The molecule has 1 heterocycles. The van der Waals surface area contributed by atoms with Crippen LogP contribution in [-0.2, 0) is 11.3 Å². The lowest BCUT2D eigenvalue weighted by Gasteiger charge is -2.14. The molecule has 2 unspecified atom stereocenters. The van der Waals surface area contributed by atoms with Gasteiger partial charge in [0.15, 0.2) is 0 Å². The maximum atomic E-state index is 6.10. The van der Waals surface area contributed by atoms with E-state index in [-0.39, 0.29) is 0 Å².